The van der Waals surface area contributed by atoms with Crippen LogP contribution in [0.4, 0.5) is 4.39 Å². The van der Waals surface area contributed by atoms with Gasteiger partial charge in [-0.05, 0) is 50.1 Å². The molecule has 4 nitrogen and oxygen atoms in total. The van der Waals surface area contributed by atoms with Gasteiger partial charge in [0.15, 0.2) is 0 Å². The van der Waals surface area contributed by atoms with Gasteiger partial charge in [-0.15, -0.1) is 0 Å². The largest absolute Gasteiger partial charge is 0.481 e. The molecule has 0 bridgehead atoms. The first-order valence-electron chi connectivity index (χ1n) is 6.62. The highest BCUT2D eigenvalue weighted by molar-refractivity contribution is 5.86. The Morgan fingerprint density at radius 2 is 2.20 bits per heavy atom. The maximum Gasteiger partial charge on any atom is 0.306 e. The van der Waals surface area contributed by atoms with Crippen molar-refractivity contribution in [1.29, 1.82) is 0 Å². The summed E-state index contributed by atoms with van der Waals surface area (Å²) in [6.45, 7) is 2.27. The van der Waals surface area contributed by atoms with E-state index in [2.05, 4.69) is 0 Å². The molecule has 1 aromatic heterocycles. The lowest BCUT2D eigenvalue weighted by Gasteiger charge is -2.11. The number of halogens is 1. The molecule has 108 valence electrons. The molecule has 20 heavy (non-hydrogen) atoms. The van der Waals surface area contributed by atoms with Crippen LogP contribution in [0.3, 0.4) is 0 Å². The van der Waals surface area contributed by atoms with Crippen molar-refractivity contribution in [2.45, 2.75) is 19.8 Å². The van der Waals surface area contributed by atoms with Gasteiger partial charge in [0, 0.05) is 18.1 Å². The molecule has 3 N–H and O–H groups in total. The number of hydrogen-bond donors (Lipinski definition) is 2. The zero-order valence-corrected chi connectivity index (χ0v) is 11.7. The molecule has 2 aromatic rings. The standard InChI is InChI=1S/C15H19FN2O2/c1-9-13(7-10(5-6-17)15(19)20)12-4-3-11(16)8-14(12)18(9)2/h3-4,8,10H,5-7,17H2,1-2H3,(H,19,20). The van der Waals surface area contributed by atoms with E-state index in [4.69, 9.17) is 5.73 Å². The van der Waals surface area contributed by atoms with Crippen molar-refractivity contribution >= 4 is 16.9 Å². The zero-order valence-electron chi connectivity index (χ0n) is 11.7. The quantitative estimate of drug-likeness (QED) is 0.881. The number of carbonyl (C=O) groups is 1. The Bertz CT molecular complexity index is 649. The van der Waals surface area contributed by atoms with Gasteiger partial charge in [0.05, 0.1) is 11.4 Å². The van der Waals surface area contributed by atoms with E-state index in [1.54, 1.807) is 6.07 Å². The summed E-state index contributed by atoms with van der Waals surface area (Å²) in [4.78, 5) is 11.3. The van der Waals surface area contributed by atoms with E-state index in [1.165, 1.54) is 12.1 Å². The summed E-state index contributed by atoms with van der Waals surface area (Å²) in [7, 11) is 1.86. The maximum absolute atomic E-state index is 13.3. The Hall–Kier alpha value is -1.88. The van der Waals surface area contributed by atoms with Crippen LogP contribution in [-0.4, -0.2) is 22.2 Å². The smallest absolute Gasteiger partial charge is 0.306 e. The number of aliphatic carboxylic acids is 1. The number of nitrogens with zero attached hydrogens (tertiary/aromatic N) is 1. The summed E-state index contributed by atoms with van der Waals surface area (Å²) in [6.07, 6.45) is 0.855. The highest BCUT2D eigenvalue weighted by atomic mass is 19.1. The van der Waals surface area contributed by atoms with Crippen molar-refractivity contribution < 1.29 is 14.3 Å². The van der Waals surface area contributed by atoms with Gasteiger partial charge >= 0.3 is 5.97 Å². The molecule has 0 saturated carbocycles. The van der Waals surface area contributed by atoms with Gasteiger partial charge in [0.1, 0.15) is 5.82 Å². The lowest BCUT2D eigenvalue weighted by atomic mass is 9.94. The van der Waals surface area contributed by atoms with Crippen molar-refractivity contribution in [2.75, 3.05) is 6.54 Å². The topological polar surface area (TPSA) is 68.2 Å². The second-order valence-electron chi connectivity index (χ2n) is 5.10. The van der Waals surface area contributed by atoms with E-state index >= 15 is 0 Å². The van der Waals surface area contributed by atoms with Crippen molar-refractivity contribution in [3.05, 3.63) is 35.3 Å². The number of nitrogens with two attached hydrogens (primary N) is 1. The molecule has 0 aliphatic rings. The predicted octanol–water partition coefficient (Wildman–Crippen LogP) is 2.22. The van der Waals surface area contributed by atoms with E-state index in [9.17, 15) is 14.3 Å². The summed E-state index contributed by atoms with van der Waals surface area (Å²) in [6, 6.07) is 4.60. The molecule has 1 atom stereocenters. The van der Waals surface area contributed by atoms with Gasteiger partial charge in [-0.1, -0.05) is 0 Å². The Labute approximate surface area is 117 Å². The van der Waals surface area contributed by atoms with Crippen LogP contribution in [0, 0.1) is 18.7 Å². The summed E-state index contributed by atoms with van der Waals surface area (Å²) < 4.78 is 15.2. The number of aryl methyl sites for hydroxylation is 1. The van der Waals surface area contributed by atoms with Gasteiger partial charge < -0.3 is 15.4 Å². The number of hydrogen-bond acceptors (Lipinski definition) is 2. The minimum atomic E-state index is -0.839. The van der Waals surface area contributed by atoms with E-state index in [1.807, 2.05) is 18.5 Å². The molecule has 0 saturated heterocycles. The number of fused-ring (bicyclic) bond motifs is 1. The molecule has 0 amide bonds. The molecule has 2 rings (SSSR count). The van der Waals surface area contributed by atoms with Gasteiger partial charge in [0.25, 0.3) is 0 Å². The molecule has 0 spiro atoms. The average Bonchev–Trinajstić information content (AvgIpc) is 2.63. The first-order valence-corrected chi connectivity index (χ1v) is 6.62. The number of carboxylic acids is 1. The van der Waals surface area contributed by atoms with Gasteiger partial charge in [-0.2, -0.15) is 0 Å². The number of rotatable bonds is 5. The van der Waals surface area contributed by atoms with Crippen LogP contribution in [-0.2, 0) is 18.3 Å². The lowest BCUT2D eigenvalue weighted by Crippen LogP contribution is -2.20. The Morgan fingerprint density at radius 3 is 2.80 bits per heavy atom. The molecule has 0 aliphatic heterocycles. The Balaban J connectivity index is 2.48. The molecule has 1 aromatic carbocycles. The fourth-order valence-corrected chi connectivity index (χ4v) is 2.63. The number of aromatic nitrogens is 1. The SMILES string of the molecule is Cc1c(CC(CCN)C(=O)O)c2ccc(F)cc2n1C. The summed E-state index contributed by atoms with van der Waals surface area (Å²) in [5, 5.41) is 10.2. The van der Waals surface area contributed by atoms with Crippen molar-refractivity contribution in [1.82, 2.24) is 4.57 Å². The molecule has 1 unspecified atom stereocenters. The monoisotopic (exact) mass is 278 g/mol. The van der Waals surface area contributed by atoms with E-state index < -0.39 is 11.9 Å². The van der Waals surface area contributed by atoms with Crippen molar-refractivity contribution in [2.24, 2.45) is 18.7 Å². The van der Waals surface area contributed by atoms with Crippen molar-refractivity contribution in [3.63, 3.8) is 0 Å². The second kappa shape index (κ2) is 5.63. The molecule has 0 aliphatic carbocycles. The maximum atomic E-state index is 13.3. The summed E-state index contributed by atoms with van der Waals surface area (Å²) in [5.74, 6) is -1.63. The average molecular weight is 278 g/mol. The minimum Gasteiger partial charge on any atom is -0.481 e. The van der Waals surface area contributed by atoms with Crippen LogP contribution in [0.15, 0.2) is 18.2 Å². The first-order chi connectivity index (χ1) is 9.45. The molecular weight excluding hydrogens is 259 g/mol. The first kappa shape index (κ1) is 14.5. The van der Waals surface area contributed by atoms with Gasteiger partial charge in [-0.25, -0.2) is 4.39 Å². The van der Waals surface area contributed by atoms with Crippen LogP contribution >= 0.6 is 0 Å². The fraction of sp³-hybridized carbons (Fsp3) is 0.400. The van der Waals surface area contributed by atoms with Gasteiger partial charge in [-0.3, -0.25) is 4.79 Å². The summed E-state index contributed by atoms with van der Waals surface area (Å²) in [5.41, 5.74) is 8.19. The third-order valence-corrected chi connectivity index (χ3v) is 3.90. The van der Waals surface area contributed by atoms with Crippen LogP contribution in [0.25, 0.3) is 10.9 Å². The third-order valence-electron chi connectivity index (χ3n) is 3.90. The number of carboxylic acid groups (broad SMARTS) is 1. The van der Waals surface area contributed by atoms with Gasteiger partial charge in [0.2, 0.25) is 0 Å². The number of benzene rings is 1. The second-order valence-corrected chi connectivity index (χ2v) is 5.10. The molecular formula is C15H19FN2O2. The summed E-state index contributed by atoms with van der Waals surface area (Å²) >= 11 is 0. The highest BCUT2D eigenvalue weighted by Gasteiger charge is 2.21. The van der Waals surface area contributed by atoms with Crippen LogP contribution in [0.5, 0.6) is 0 Å². The lowest BCUT2D eigenvalue weighted by molar-refractivity contribution is -0.141. The molecule has 0 fully saturated rings. The van der Waals surface area contributed by atoms with Crippen LogP contribution in [0.2, 0.25) is 0 Å². The fourth-order valence-electron chi connectivity index (χ4n) is 2.63. The highest BCUT2D eigenvalue weighted by Crippen LogP contribution is 2.28. The molecule has 0 radical (unpaired) electrons. The Kier molecular flexibility index (Phi) is 4.09. The van der Waals surface area contributed by atoms with Crippen LogP contribution < -0.4 is 5.73 Å². The molecule has 1 heterocycles. The molecule has 5 heteroatoms. The predicted molar refractivity (Wildman–Crippen MR) is 76.1 cm³/mol. The third kappa shape index (κ3) is 2.54. The van der Waals surface area contributed by atoms with E-state index in [-0.39, 0.29) is 5.82 Å². The normalized spacial score (nSPS) is 12.8. The Morgan fingerprint density at radius 1 is 1.50 bits per heavy atom. The minimum absolute atomic E-state index is 0.290. The van der Waals surface area contributed by atoms with E-state index in [0.717, 1.165) is 22.2 Å². The van der Waals surface area contributed by atoms with E-state index in [0.29, 0.717) is 19.4 Å². The van der Waals surface area contributed by atoms with Crippen LogP contribution in [0.1, 0.15) is 17.7 Å². The van der Waals surface area contributed by atoms with Crippen molar-refractivity contribution in [3.8, 4) is 0 Å². The zero-order chi connectivity index (χ0) is 14.9.